The average Bonchev–Trinajstić information content (AvgIpc) is 3.03. The molecule has 0 saturated carbocycles. The molecule has 2 aliphatic heterocycles. The number of aromatic nitrogens is 3. The van der Waals surface area contributed by atoms with Gasteiger partial charge in [0.15, 0.2) is 0 Å². The van der Waals surface area contributed by atoms with Crippen LogP contribution in [0.5, 0.6) is 0 Å². The Hall–Kier alpha value is -1.86. The third kappa shape index (κ3) is 2.93. The molecule has 7 heteroatoms. The Morgan fingerprint density at radius 1 is 1.08 bits per heavy atom. The molecule has 0 bridgehead atoms. The lowest BCUT2D eigenvalue weighted by Gasteiger charge is -2.32. The Morgan fingerprint density at radius 3 is 2.58 bits per heavy atom. The van der Waals surface area contributed by atoms with Crippen molar-refractivity contribution in [1.82, 2.24) is 25.0 Å². The van der Waals surface area contributed by atoms with Gasteiger partial charge in [0.2, 0.25) is 0 Å². The van der Waals surface area contributed by atoms with Gasteiger partial charge in [-0.1, -0.05) is 6.07 Å². The van der Waals surface area contributed by atoms with E-state index in [4.69, 9.17) is 0 Å². The fourth-order valence-electron chi connectivity index (χ4n) is 3.67. The number of rotatable bonds is 3. The minimum Gasteiger partial charge on any atom is -0.312 e. The number of nitrogens with zero attached hydrogens (tertiary/aromatic N) is 4. The van der Waals surface area contributed by atoms with E-state index in [9.17, 15) is 8.78 Å². The highest BCUT2D eigenvalue weighted by Gasteiger charge is 2.27. The summed E-state index contributed by atoms with van der Waals surface area (Å²) in [5.41, 5.74) is 0.168. The molecule has 2 aliphatic rings. The maximum Gasteiger partial charge on any atom is 0.147 e. The summed E-state index contributed by atoms with van der Waals surface area (Å²) in [7, 11) is 0. The summed E-state index contributed by atoms with van der Waals surface area (Å²) < 4.78 is 29.8. The molecule has 0 atom stereocenters. The van der Waals surface area contributed by atoms with Gasteiger partial charge in [0.1, 0.15) is 23.3 Å². The van der Waals surface area contributed by atoms with Crippen LogP contribution >= 0.6 is 0 Å². The van der Waals surface area contributed by atoms with Crippen molar-refractivity contribution in [3.05, 3.63) is 47.0 Å². The molecule has 128 valence electrons. The summed E-state index contributed by atoms with van der Waals surface area (Å²) in [6, 6.07) is 4.05. The quantitative estimate of drug-likeness (QED) is 0.934. The molecule has 0 aliphatic carbocycles. The van der Waals surface area contributed by atoms with Crippen molar-refractivity contribution in [2.24, 2.45) is 0 Å². The molecular weight excluding hydrogens is 312 g/mol. The molecule has 1 N–H and O–H groups in total. The molecule has 0 radical (unpaired) electrons. The van der Waals surface area contributed by atoms with Crippen LogP contribution < -0.4 is 5.32 Å². The maximum atomic E-state index is 13.8. The van der Waals surface area contributed by atoms with Crippen LogP contribution in [0, 0.1) is 11.6 Å². The highest BCUT2D eigenvalue weighted by atomic mass is 19.1. The fraction of sp³-hybridized carbons (Fsp3) is 0.529. The maximum absolute atomic E-state index is 13.8. The Bertz CT molecular complexity index is 702. The highest BCUT2D eigenvalue weighted by molar-refractivity contribution is 5.19. The molecule has 1 aromatic carbocycles. The van der Waals surface area contributed by atoms with E-state index in [0.717, 1.165) is 57.2 Å². The lowest BCUT2D eigenvalue weighted by Crippen LogP contribution is -2.35. The van der Waals surface area contributed by atoms with Gasteiger partial charge in [-0.2, -0.15) is 0 Å². The van der Waals surface area contributed by atoms with Crippen LogP contribution in [0.15, 0.2) is 18.2 Å². The van der Waals surface area contributed by atoms with Gasteiger partial charge in [0.25, 0.3) is 0 Å². The van der Waals surface area contributed by atoms with Gasteiger partial charge in [-0.15, -0.1) is 10.2 Å². The number of nitrogens with one attached hydrogen (secondary N) is 1. The number of likely N-dealkylation sites (tertiary alicyclic amines) is 1. The topological polar surface area (TPSA) is 46.0 Å². The van der Waals surface area contributed by atoms with Gasteiger partial charge in [-0.3, -0.25) is 4.90 Å². The van der Waals surface area contributed by atoms with E-state index in [0.29, 0.717) is 12.5 Å². The molecule has 24 heavy (non-hydrogen) atoms. The van der Waals surface area contributed by atoms with E-state index >= 15 is 0 Å². The number of halogens is 2. The molecule has 0 amide bonds. The zero-order valence-corrected chi connectivity index (χ0v) is 13.5. The Kier molecular flexibility index (Phi) is 4.28. The largest absolute Gasteiger partial charge is 0.312 e. The van der Waals surface area contributed by atoms with Gasteiger partial charge in [-0.25, -0.2) is 8.78 Å². The zero-order valence-electron chi connectivity index (χ0n) is 13.5. The predicted molar refractivity (Wildman–Crippen MR) is 85.3 cm³/mol. The summed E-state index contributed by atoms with van der Waals surface area (Å²) in [4.78, 5) is 2.12. The van der Waals surface area contributed by atoms with Crippen molar-refractivity contribution in [3.63, 3.8) is 0 Å². The molecule has 4 rings (SSSR count). The SMILES string of the molecule is Fc1cccc(F)c1CN1CCC(c2nnc3n2CCNC3)CC1. The second kappa shape index (κ2) is 6.57. The molecule has 0 spiro atoms. The highest BCUT2D eigenvalue weighted by Crippen LogP contribution is 2.29. The van der Waals surface area contributed by atoms with Crippen LogP contribution in [0.2, 0.25) is 0 Å². The third-order valence-corrected chi connectivity index (χ3v) is 5.05. The number of fused-ring (bicyclic) bond motifs is 1. The lowest BCUT2D eigenvalue weighted by atomic mass is 9.95. The minimum atomic E-state index is -0.462. The van der Waals surface area contributed by atoms with E-state index in [1.807, 2.05) is 0 Å². The van der Waals surface area contributed by atoms with Crippen molar-refractivity contribution < 1.29 is 8.78 Å². The Morgan fingerprint density at radius 2 is 1.83 bits per heavy atom. The van der Waals surface area contributed by atoms with Crippen molar-refractivity contribution in [1.29, 1.82) is 0 Å². The Balaban J connectivity index is 1.41. The molecule has 2 aromatic rings. The third-order valence-electron chi connectivity index (χ3n) is 5.05. The fourth-order valence-corrected chi connectivity index (χ4v) is 3.67. The summed E-state index contributed by atoms with van der Waals surface area (Å²) >= 11 is 0. The molecule has 1 aromatic heterocycles. The van der Waals surface area contributed by atoms with Gasteiger partial charge < -0.3 is 9.88 Å². The standard InChI is InChI=1S/C17H21F2N5/c18-14-2-1-3-15(19)13(14)11-23-7-4-12(5-8-23)17-22-21-16-10-20-6-9-24(16)17/h1-3,12,20H,4-11H2. The molecule has 1 saturated heterocycles. The van der Waals surface area contributed by atoms with Crippen LogP contribution in [-0.2, 0) is 19.6 Å². The average molecular weight is 333 g/mol. The van der Waals surface area contributed by atoms with Crippen LogP contribution in [-0.4, -0.2) is 39.3 Å². The van der Waals surface area contributed by atoms with Gasteiger partial charge in [0, 0.05) is 31.1 Å². The predicted octanol–water partition coefficient (Wildman–Crippen LogP) is 2.04. The normalized spacial score (nSPS) is 19.4. The van der Waals surface area contributed by atoms with Crippen molar-refractivity contribution >= 4 is 0 Å². The van der Waals surface area contributed by atoms with Crippen LogP contribution in [0.4, 0.5) is 8.78 Å². The number of hydrogen-bond donors (Lipinski definition) is 1. The second-order valence-corrected chi connectivity index (χ2v) is 6.55. The van der Waals surface area contributed by atoms with Crippen LogP contribution in [0.1, 0.15) is 36.0 Å². The molecule has 3 heterocycles. The Labute approximate surface area is 139 Å². The number of benzene rings is 1. The van der Waals surface area contributed by atoms with Gasteiger partial charge >= 0.3 is 0 Å². The molecule has 0 unspecified atom stereocenters. The minimum absolute atomic E-state index is 0.168. The smallest absolute Gasteiger partial charge is 0.147 e. The van der Waals surface area contributed by atoms with Gasteiger partial charge in [-0.05, 0) is 38.1 Å². The summed E-state index contributed by atoms with van der Waals surface area (Å²) in [5.74, 6) is 1.54. The first-order chi connectivity index (χ1) is 11.7. The summed E-state index contributed by atoms with van der Waals surface area (Å²) in [5, 5.41) is 12.0. The first kappa shape index (κ1) is 15.7. The molecule has 1 fully saturated rings. The van der Waals surface area contributed by atoms with E-state index in [-0.39, 0.29) is 5.56 Å². The lowest BCUT2D eigenvalue weighted by molar-refractivity contribution is 0.195. The monoisotopic (exact) mass is 333 g/mol. The zero-order chi connectivity index (χ0) is 16.5. The van der Waals surface area contributed by atoms with E-state index < -0.39 is 11.6 Å². The van der Waals surface area contributed by atoms with E-state index in [1.54, 1.807) is 0 Å². The first-order valence-electron chi connectivity index (χ1n) is 8.50. The van der Waals surface area contributed by atoms with Crippen LogP contribution in [0.3, 0.4) is 0 Å². The van der Waals surface area contributed by atoms with Crippen molar-refractivity contribution in [2.45, 2.75) is 38.4 Å². The first-order valence-corrected chi connectivity index (χ1v) is 8.50. The number of hydrogen-bond acceptors (Lipinski definition) is 4. The molecule has 5 nitrogen and oxygen atoms in total. The second-order valence-electron chi connectivity index (χ2n) is 6.55. The summed E-state index contributed by atoms with van der Waals surface area (Å²) in [6.45, 7) is 4.60. The van der Waals surface area contributed by atoms with Crippen LogP contribution in [0.25, 0.3) is 0 Å². The van der Waals surface area contributed by atoms with E-state index in [1.165, 1.54) is 18.2 Å². The van der Waals surface area contributed by atoms with Crippen molar-refractivity contribution in [2.75, 3.05) is 19.6 Å². The van der Waals surface area contributed by atoms with Crippen molar-refractivity contribution in [3.8, 4) is 0 Å². The van der Waals surface area contributed by atoms with Gasteiger partial charge in [0.05, 0.1) is 6.54 Å². The summed E-state index contributed by atoms with van der Waals surface area (Å²) in [6.07, 6.45) is 1.89. The molecular formula is C17H21F2N5. The number of piperidine rings is 1. The van der Waals surface area contributed by atoms with E-state index in [2.05, 4.69) is 25.0 Å².